The Morgan fingerprint density at radius 2 is 2.00 bits per heavy atom. The van der Waals surface area contributed by atoms with E-state index < -0.39 is 0 Å². The summed E-state index contributed by atoms with van der Waals surface area (Å²) in [6, 6.07) is 12.4. The molecule has 0 unspecified atom stereocenters. The van der Waals surface area contributed by atoms with Gasteiger partial charge in [0.25, 0.3) is 0 Å². The van der Waals surface area contributed by atoms with Gasteiger partial charge in [-0.3, -0.25) is 9.78 Å². The first-order valence-electron chi connectivity index (χ1n) is 9.56. The summed E-state index contributed by atoms with van der Waals surface area (Å²) >= 11 is 0. The van der Waals surface area contributed by atoms with Gasteiger partial charge in [0.1, 0.15) is 5.75 Å². The zero-order valence-electron chi connectivity index (χ0n) is 15.6. The molecule has 1 atom stereocenters. The number of pyridine rings is 1. The fourth-order valence-electron chi connectivity index (χ4n) is 3.88. The number of hydrogen-bond acceptors (Lipinski definition) is 3. The Bertz CT molecular complexity index is 814. The van der Waals surface area contributed by atoms with Crippen molar-refractivity contribution in [2.24, 2.45) is 5.92 Å². The van der Waals surface area contributed by atoms with Gasteiger partial charge in [-0.05, 0) is 68.0 Å². The fourth-order valence-corrected chi connectivity index (χ4v) is 3.88. The van der Waals surface area contributed by atoms with Crippen LogP contribution >= 0.6 is 0 Å². The van der Waals surface area contributed by atoms with Crippen LogP contribution in [0.5, 0.6) is 5.75 Å². The molecular formula is C22H26N2O2. The minimum absolute atomic E-state index is 0.298. The zero-order chi connectivity index (χ0) is 18.1. The summed E-state index contributed by atoms with van der Waals surface area (Å²) in [5, 5.41) is 0. The lowest BCUT2D eigenvalue weighted by molar-refractivity contribution is -0.133. The van der Waals surface area contributed by atoms with Crippen LogP contribution < -0.4 is 4.74 Å². The number of nitrogens with zero attached hydrogens (tertiary/aromatic N) is 2. The van der Waals surface area contributed by atoms with Crippen LogP contribution in [0.1, 0.15) is 43.0 Å². The summed E-state index contributed by atoms with van der Waals surface area (Å²) in [6.07, 6.45) is 4.31. The first kappa shape index (κ1) is 17.1. The molecule has 4 nitrogen and oxygen atoms in total. The topological polar surface area (TPSA) is 42.4 Å². The van der Waals surface area contributed by atoms with E-state index in [0.29, 0.717) is 17.7 Å². The lowest BCUT2D eigenvalue weighted by Crippen LogP contribution is -2.40. The lowest BCUT2D eigenvalue weighted by Gasteiger charge is -2.33. The van der Waals surface area contributed by atoms with E-state index in [1.54, 1.807) is 7.11 Å². The van der Waals surface area contributed by atoms with Crippen molar-refractivity contribution in [2.75, 3.05) is 20.2 Å². The summed E-state index contributed by atoms with van der Waals surface area (Å²) in [5.41, 5.74) is 4.43. The van der Waals surface area contributed by atoms with Gasteiger partial charge in [0.05, 0.1) is 7.11 Å². The van der Waals surface area contributed by atoms with E-state index in [9.17, 15) is 4.79 Å². The van der Waals surface area contributed by atoms with Crippen molar-refractivity contribution in [1.82, 2.24) is 9.88 Å². The van der Waals surface area contributed by atoms with Crippen molar-refractivity contribution in [1.29, 1.82) is 0 Å². The van der Waals surface area contributed by atoms with E-state index >= 15 is 0 Å². The van der Waals surface area contributed by atoms with Gasteiger partial charge in [-0.2, -0.15) is 0 Å². The second kappa shape index (κ2) is 7.10. The molecule has 2 fully saturated rings. The summed E-state index contributed by atoms with van der Waals surface area (Å²) in [4.78, 5) is 19.3. The predicted octanol–water partition coefficient (Wildman–Crippen LogP) is 4.18. The number of benzene rings is 1. The van der Waals surface area contributed by atoms with Crippen LogP contribution in [0.15, 0.2) is 36.4 Å². The quantitative estimate of drug-likeness (QED) is 0.831. The predicted molar refractivity (Wildman–Crippen MR) is 102 cm³/mol. The molecule has 1 aliphatic carbocycles. The number of methoxy groups -OCH3 is 1. The molecule has 4 rings (SSSR count). The van der Waals surface area contributed by atoms with Gasteiger partial charge in [-0.25, -0.2) is 0 Å². The van der Waals surface area contributed by atoms with Crippen molar-refractivity contribution < 1.29 is 9.53 Å². The number of carbonyl (C=O) groups is 1. The van der Waals surface area contributed by atoms with Crippen molar-refractivity contribution in [3.63, 3.8) is 0 Å². The maximum Gasteiger partial charge on any atom is 0.225 e. The minimum Gasteiger partial charge on any atom is -0.497 e. The number of aromatic nitrogens is 1. The number of ether oxygens (including phenoxy) is 1. The second-order valence-corrected chi connectivity index (χ2v) is 7.55. The molecule has 136 valence electrons. The molecule has 4 heteroatoms. The second-order valence-electron chi connectivity index (χ2n) is 7.55. The summed E-state index contributed by atoms with van der Waals surface area (Å²) in [5.74, 6) is 1.84. The SMILES string of the molecule is COc1cccc(-c2cc(C)nc([C@@H]3CCCN(C(=O)C4CC4)C3)c2)c1. The van der Waals surface area contributed by atoms with Crippen LogP contribution in [0, 0.1) is 12.8 Å². The number of rotatable bonds is 4. The molecule has 1 saturated heterocycles. The van der Waals surface area contributed by atoms with E-state index in [0.717, 1.165) is 67.0 Å². The molecule has 26 heavy (non-hydrogen) atoms. The van der Waals surface area contributed by atoms with Crippen LogP contribution in [0.4, 0.5) is 0 Å². The highest BCUT2D eigenvalue weighted by Gasteiger charge is 2.35. The Balaban J connectivity index is 1.60. The molecule has 1 aromatic carbocycles. The normalized spacial score (nSPS) is 20.1. The van der Waals surface area contributed by atoms with Gasteiger partial charge in [0.2, 0.25) is 5.91 Å². The van der Waals surface area contributed by atoms with Gasteiger partial charge >= 0.3 is 0 Å². The zero-order valence-corrected chi connectivity index (χ0v) is 15.6. The molecule has 0 bridgehead atoms. The number of hydrogen-bond donors (Lipinski definition) is 0. The number of carbonyl (C=O) groups excluding carboxylic acids is 1. The van der Waals surface area contributed by atoms with Crippen LogP contribution in [-0.4, -0.2) is 36.0 Å². The van der Waals surface area contributed by atoms with Crippen molar-refractivity contribution in [2.45, 2.75) is 38.5 Å². The fraction of sp³-hybridized carbons (Fsp3) is 0.455. The maximum atomic E-state index is 12.5. The summed E-state index contributed by atoms with van der Waals surface area (Å²) in [7, 11) is 1.69. The molecule has 0 radical (unpaired) electrons. The largest absolute Gasteiger partial charge is 0.497 e. The Labute approximate surface area is 155 Å². The number of aryl methyl sites for hydroxylation is 1. The Morgan fingerprint density at radius 3 is 2.77 bits per heavy atom. The van der Waals surface area contributed by atoms with Gasteiger partial charge in [-0.1, -0.05) is 12.1 Å². The molecule has 2 aromatic rings. The van der Waals surface area contributed by atoms with E-state index in [2.05, 4.69) is 29.2 Å². The lowest BCUT2D eigenvalue weighted by atomic mass is 9.92. The van der Waals surface area contributed by atoms with Crippen LogP contribution in [0.25, 0.3) is 11.1 Å². The summed E-state index contributed by atoms with van der Waals surface area (Å²) in [6.45, 7) is 3.76. The van der Waals surface area contributed by atoms with E-state index in [1.165, 1.54) is 0 Å². The highest BCUT2D eigenvalue weighted by molar-refractivity contribution is 5.81. The van der Waals surface area contributed by atoms with Crippen molar-refractivity contribution in [3.05, 3.63) is 47.8 Å². The third-order valence-corrected chi connectivity index (χ3v) is 5.45. The number of piperidine rings is 1. The molecule has 1 aromatic heterocycles. The molecule has 2 heterocycles. The molecule has 1 amide bonds. The maximum absolute atomic E-state index is 12.5. The van der Waals surface area contributed by atoms with E-state index in [-0.39, 0.29) is 0 Å². The minimum atomic E-state index is 0.298. The van der Waals surface area contributed by atoms with Crippen LogP contribution in [-0.2, 0) is 4.79 Å². The van der Waals surface area contributed by atoms with Gasteiger partial charge in [-0.15, -0.1) is 0 Å². The Morgan fingerprint density at radius 1 is 1.15 bits per heavy atom. The van der Waals surface area contributed by atoms with Crippen molar-refractivity contribution in [3.8, 4) is 16.9 Å². The number of amides is 1. The molecule has 1 aliphatic heterocycles. The third-order valence-electron chi connectivity index (χ3n) is 5.45. The first-order valence-corrected chi connectivity index (χ1v) is 9.56. The third kappa shape index (κ3) is 3.59. The average Bonchev–Trinajstić information content (AvgIpc) is 3.52. The Kier molecular flexibility index (Phi) is 4.66. The van der Waals surface area contributed by atoms with E-state index in [4.69, 9.17) is 9.72 Å². The van der Waals surface area contributed by atoms with Crippen LogP contribution in [0.3, 0.4) is 0 Å². The number of likely N-dealkylation sites (tertiary alicyclic amines) is 1. The molecule has 1 saturated carbocycles. The molecule has 2 aliphatic rings. The van der Waals surface area contributed by atoms with Gasteiger partial charge in [0, 0.05) is 36.3 Å². The highest BCUT2D eigenvalue weighted by Crippen LogP contribution is 2.35. The summed E-state index contributed by atoms with van der Waals surface area (Å²) < 4.78 is 5.36. The smallest absolute Gasteiger partial charge is 0.225 e. The van der Waals surface area contributed by atoms with Gasteiger partial charge in [0.15, 0.2) is 0 Å². The van der Waals surface area contributed by atoms with Crippen LogP contribution in [0.2, 0.25) is 0 Å². The van der Waals surface area contributed by atoms with Crippen molar-refractivity contribution >= 4 is 5.91 Å². The standard InChI is InChI=1S/C22H26N2O2/c1-15-11-19(17-5-3-7-20(12-17)26-2)13-21(23-15)18-6-4-10-24(14-18)22(25)16-8-9-16/h3,5,7,11-13,16,18H,4,6,8-10,14H2,1-2H3/t18-/m1/s1. The Hall–Kier alpha value is -2.36. The molecular weight excluding hydrogens is 324 g/mol. The monoisotopic (exact) mass is 350 g/mol. The molecule has 0 spiro atoms. The van der Waals surface area contributed by atoms with Gasteiger partial charge < -0.3 is 9.64 Å². The molecule has 0 N–H and O–H groups in total. The average molecular weight is 350 g/mol. The highest BCUT2D eigenvalue weighted by atomic mass is 16.5. The first-order chi connectivity index (χ1) is 12.6. The van der Waals surface area contributed by atoms with E-state index in [1.807, 2.05) is 19.1 Å².